The van der Waals surface area contributed by atoms with Crippen molar-refractivity contribution in [2.75, 3.05) is 47.4 Å². The van der Waals surface area contributed by atoms with Crippen LogP contribution in [0.25, 0.3) is 0 Å². The van der Waals surface area contributed by atoms with Gasteiger partial charge in [0.05, 0.1) is 25.6 Å². The van der Waals surface area contributed by atoms with Crippen LogP contribution >= 0.6 is 0 Å². The first-order valence-electron chi connectivity index (χ1n) is 10.0. The third-order valence-electron chi connectivity index (χ3n) is 5.03. The van der Waals surface area contributed by atoms with Crippen LogP contribution in [-0.4, -0.2) is 64.2 Å². The molecule has 0 saturated heterocycles. The standard InChI is InChI=1S/C21H34N4O3/c1-5-22-20(23-14-15-28-18-10-8-17(27-4)9-11-18)24-16-21(12-6-7-13-21)19(26)25(2)3/h8-11H,5-7,12-16H2,1-4H3,(H2,22,23,24). The lowest BCUT2D eigenvalue weighted by Crippen LogP contribution is -2.43. The predicted molar refractivity (Wildman–Crippen MR) is 112 cm³/mol. The molecule has 1 saturated carbocycles. The zero-order valence-electron chi connectivity index (χ0n) is 17.6. The number of carbonyl (C=O) groups is 1. The van der Waals surface area contributed by atoms with Gasteiger partial charge in [0.25, 0.3) is 0 Å². The van der Waals surface area contributed by atoms with E-state index >= 15 is 0 Å². The Morgan fingerprint density at radius 2 is 1.79 bits per heavy atom. The third-order valence-corrected chi connectivity index (χ3v) is 5.03. The first-order chi connectivity index (χ1) is 13.5. The Kier molecular flexibility index (Phi) is 8.42. The largest absolute Gasteiger partial charge is 0.497 e. The molecule has 2 N–H and O–H groups in total. The first-order valence-corrected chi connectivity index (χ1v) is 10.0. The molecule has 0 bridgehead atoms. The van der Waals surface area contributed by atoms with Crippen LogP contribution in [0.4, 0.5) is 0 Å². The molecule has 156 valence electrons. The van der Waals surface area contributed by atoms with E-state index in [4.69, 9.17) is 14.5 Å². The molecule has 1 amide bonds. The molecule has 1 aromatic rings. The number of amides is 1. The molecule has 7 nitrogen and oxygen atoms in total. The minimum Gasteiger partial charge on any atom is -0.497 e. The molecule has 0 radical (unpaired) electrons. The number of hydrogen-bond donors (Lipinski definition) is 2. The number of rotatable bonds is 9. The second-order valence-electron chi connectivity index (χ2n) is 7.33. The topological polar surface area (TPSA) is 75.2 Å². The van der Waals surface area contributed by atoms with Gasteiger partial charge in [-0.05, 0) is 44.0 Å². The van der Waals surface area contributed by atoms with E-state index in [1.54, 1.807) is 12.0 Å². The number of carbonyl (C=O) groups excluding carboxylic acids is 1. The van der Waals surface area contributed by atoms with Gasteiger partial charge in [0.15, 0.2) is 5.96 Å². The third kappa shape index (κ3) is 6.04. The van der Waals surface area contributed by atoms with Crippen LogP contribution in [0.1, 0.15) is 32.6 Å². The van der Waals surface area contributed by atoms with Crippen LogP contribution < -0.4 is 20.1 Å². The smallest absolute Gasteiger partial charge is 0.230 e. The van der Waals surface area contributed by atoms with Gasteiger partial charge >= 0.3 is 0 Å². The number of guanidine groups is 1. The van der Waals surface area contributed by atoms with Crippen LogP contribution in [-0.2, 0) is 4.79 Å². The summed E-state index contributed by atoms with van der Waals surface area (Å²) in [6, 6.07) is 7.51. The zero-order valence-corrected chi connectivity index (χ0v) is 17.6. The van der Waals surface area contributed by atoms with Gasteiger partial charge in [0, 0.05) is 20.6 Å². The molecular formula is C21H34N4O3. The van der Waals surface area contributed by atoms with Crippen molar-refractivity contribution < 1.29 is 14.3 Å². The van der Waals surface area contributed by atoms with E-state index < -0.39 is 0 Å². The number of hydrogen-bond acceptors (Lipinski definition) is 4. The van der Waals surface area contributed by atoms with Gasteiger partial charge in [-0.3, -0.25) is 9.79 Å². The van der Waals surface area contributed by atoms with Gasteiger partial charge in [0.1, 0.15) is 18.1 Å². The van der Waals surface area contributed by atoms with Crippen LogP contribution in [0.15, 0.2) is 29.3 Å². The van der Waals surface area contributed by atoms with Gasteiger partial charge in [0.2, 0.25) is 5.91 Å². The Morgan fingerprint density at radius 3 is 2.36 bits per heavy atom. The fourth-order valence-corrected chi connectivity index (χ4v) is 3.55. The summed E-state index contributed by atoms with van der Waals surface area (Å²) in [6.07, 6.45) is 4.00. The molecule has 7 heteroatoms. The summed E-state index contributed by atoms with van der Waals surface area (Å²) >= 11 is 0. The van der Waals surface area contributed by atoms with Crippen molar-refractivity contribution >= 4 is 11.9 Å². The lowest BCUT2D eigenvalue weighted by atomic mass is 9.85. The molecule has 0 aromatic heterocycles. The Balaban J connectivity index is 1.87. The summed E-state index contributed by atoms with van der Waals surface area (Å²) in [4.78, 5) is 19.1. The maximum atomic E-state index is 12.7. The summed E-state index contributed by atoms with van der Waals surface area (Å²) < 4.78 is 10.9. The number of nitrogens with one attached hydrogen (secondary N) is 2. The van der Waals surface area contributed by atoms with Crippen LogP contribution in [0.3, 0.4) is 0 Å². The Morgan fingerprint density at radius 1 is 1.14 bits per heavy atom. The highest BCUT2D eigenvalue weighted by Crippen LogP contribution is 2.39. The first kappa shape index (κ1) is 21.9. The molecule has 28 heavy (non-hydrogen) atoms. The van der Waals surface area contributed by atoms with Gasteiger partial charge in [-0.2, -0.15) is 0 Å². The van der Waals surface area contributed by atoms with E-state index in [2.05, 4.69) is 10.6 Å². The number of methoxy groups -OCH3 is 1. The summed E-state index contributed by atoms with van der Waals surface area (Å²) in [5.74, 6) is 2.51. The number of aliphatic imine (C=N–C) groups is 1. The maximum Gasteiger partial charge on any atom is 0.230 e. The highest BCUT2D eigenvalue weighted by molar-refractivity contribution is 5.84. The fraction of sp³-hybridized carbons (Fsp3) is 0.619. The quantitative estimate of drug-likeness (QED) is 0.384. The second kappa shape index (κ2) is 10.8. The molecule has 1 fully saturated rings. The number of benzene rings is 1. The summed E-state index contributed by atoms with van der Waals surface area (Å²) in [6.45, 7) is 4.44. The lowest BCUT2D eigenvalue weighted by Gasteiger charge is -2.29. The summed E-state index contributed by atoms with van der Waals surface area (Å²) in [7, 11) is 5.29. The van der Waals surface area contributed by atoms with Gasteiger partial charge in [-0.1, -0.05) is 12.8 Å². The Hall–Kier alpha value is -2.44. The molecule has 1 aliphatic carbocycles. The maximum absolute atomic E-state index is 12.7. The zero-order chi connectivity index (χ0) is 20.4. The molecule has 0 heterocycles. The van der Waals surface area contributed by atoms with Crippen molar-refractivity contribution in [1.29, 1.82) is 0 Å². The average Bonchev–Trinajstić information content (AvgIpc) is 3.19. The molecular weight excluding hydrogens is 356 g/mol. The van der Waals surface area contributed by atoms with Gasteiger partial charge in [-0.25, -0.2) is 0 Å². The van der Waals surface area contributed by atoms with Crippen molar-refractivity contribution in [3.8, 4) is 11.5 Å². The van der Waals surface area contributed by atoms with E-state index in [-0.39, 0.29) is 11.3 Å². The Labute approximate surface area is 168 Å². The lowest BCUT2D eigenvalue weighted by molar-refractivity contribution is -0.138. The fourth-order valence-electron chi connectivity index (χ4n) is 3.55. The van der Waals surface area contributed by atoms with Crippen molar-refractivity contribution in [1.82, 2.24) is 15.5 Å². The second-order valence-corrected chi connectivity index (χ2v) is 7.33. The van der Waals surface area contributed by atoms with Crippen LogP contribution in [0.2, 0.25) is 0 Å². The molecule has 1 aliphatic rings. The Bertz CT molecular complexity index is 638. The van der Waals surface area contributed by atoms with E-state index in [0.29, 0.717) is 19.7 Å². The minimum absolute atomic E-state index is 0.187. The molecule has 0 spiro atoms. The van der Waals surface area contributed by atoms with Gasteiger partial charge < -0.3 is 25.0 Å². The van der Waals surface area contributed by atoms with Crippen LogP contribution in [0, 0.1) is 5.41 Å². The molecule has 2 rings (SSSR count). The SMILES string of the molecule is CCNC(=NCC1(C(=O)N(C)C)CCCC1)NCCOc1ccc(OC)cc1. The van der Waals surface area contributed by atoms with Crippen molar-refractivity contribution in [3.63, 3.8) is 0 Å². The highest BCUT2D eigenvalue weighted by atomic mass is 16.5. The normalized spacial score (nSPS) is 15.8. The number of ether oxygens (including phenoxy) is 2. The highest BCUT2D eigenvalue weighted by Gasteiger charge is 2.42. The average molecular weight is 391 g/mol. The van der Waals surface area contributed by atoms with Crippen molar-refractivity contribution in [2.45, 2.75) is 32.6 Å². The van der Waals surface area contributed by atoms with Crippen LogP contribution in [0.5, 0.6) is 11.5 Å². The predicted octanol–water partition coefficient (Wildman–Crippen LogP) is 2.28. The molecule has 1 aromatic carbocycles. The van der Waals surface area contributed by atoms with Crippen molar-refractivity contribution in [2.24, 2.45) is 10.4 Å². The minimum atomic E-state index is -0.356. The molecule has 0 aliphatic heterocycles. The van der Waals surface area contributed by atoms with Gasteiger partial charge in [-0.15, -0.1) is 0 Å². The summed E-state index contributed by atoms with van der Waals surface area (Å²) in [5.41, 5.74) is -0.356. The van der Waals surface area contributed by atoms with E-state index in [9.17, 15) is 4.79 Å². The molecule has 0 unspecified atom stereocenters. The van der Waals surface area contributed by atoms with E-state index in [1.165, 1.54) is 0 Å². The van der Waals surface area contributed by atoms with E-state index in [0.717, 1.165) is 49.7 Å². The number of nitrogens with zero attached hydrogens (tertiary/aromatic N) is 2. The van der Waals surface area contributed by atoms with Crippen molar-refractivity contribution in [3.05, 3.63) is 24.3 Å². The van der Waals surface area contributed by atoms with E-state index in [1.807, 2.05) is 45.3 Å². The summed E-state index contributed by atoms with van der Waals surface area (Å²) in [5, 5.41) is 6.53. The molecule has 0 atom stereocenters. The monoisotopic (exact) mass is 390 g/mol.